The van der Waals surface area contributed by atoms with Crippen molar-refractivity contribution in [2.75, 3.05) is 31.7 Å². The number of nitrogens with zero attached hydrogens (tertiary/aromatic N) is 1. The normalized spacial score (nSPS) is 13.5. The number of hydrazone groups is 1. The van der Waals surface area contributed by atoms with Crippen molar-refractivity contribution in [2.24, 2.45) is 11.0 Å². The third kappa shape index (κ3) is 8.60. The summed E-state index contributed by atoms with van der Waals surface area (Å²) in [5.41, 5.74) is 1.05. The van der Waals surface area contributed by atoms with Crippen molar-refractivity contribution in [1.29, 1.82) is 0 Å². The molecule has 0 bridgehead atoms. The summed E-state index contributed by atoms with van der Waals surface area (Å²) in [6.07, 6.45) is 0. The molecule has 0 aliphatic heterocycles. The maximum absolute atomic E-state index is 13.6. The van der Waals surface area contributed by atoms with Crippen molar-refractivity contribution < 1.29 is 37.5 Å². The largest absolute Gasteiger partial charge is 0.465 e. The summed E-state index contributed by atoms with van der Waals surface area (Å²) < 4.78 is 34.4. The maximum atomic E-state index is 13.6. The zero-order valence-corrected chi connectivity index (χ0v) is 20.4. The number of hydrogen-bond donors (Lipinski definition) is 2. The van der Waals surface area contributed by atoms with E-state index >= 15 is 0 Å². The van der Waals surface area contributed by atoms with E-state index < -0.39 is 37.1 Å². The van der Waals surface area contributed by atoms with Crippen molar-refractivity contribution in [1.82, 2.24) is 5.43 Å². The second-order valence-corrected chi connectivity index (χ2v) is 8.64. The van der Waals surface area contributed by atoms with Gasteiger partial charge in [0.2, 0.25) is 0 Å². The first-order chi connectivity index (χ1) is 15.7. The fraction of sp³-hybridized carbons (Fsp3) is 0.524. The van der Waals surface area contributed by atoms with Gasteiger partial charge in [0.1, 0.15) is 5.92 Å². The molecule has 1 aromatic carbocycles. The molecule has 2 atom stereocenters. The van der Waals surface area contributed by atoms with Crippen molar-refractivity contribution in [2.45, 2.75) is 40.3 Å². The topological polar surface area (TPSA) is 142 Å². The van der Waals surface area contributed by atoms with Crippen LogP contribution in [0.1, 0.15) is 34.6 Å². The molecule has 0 saturated heterocycles. The summed E-state index contributed by atoms with van der Waals surface area (Å²) >= 11 is 0. The minimum Gasteiger partial charge on any atom is -0.465 e. The first kappa shape index (κ1) is 28.3. The van der Waals surface area contributed by atoms with Crippen LogP contribution in [0.15, 0.2) is 35.4 Å². The van der Waals surface area contributed by atoms with Crippen LogP contribution in [0, 0.1) is 5.92 Å². The lowest BCUT2D eigenvalue weighted by atomic mass is 10.00. The molecule has 2 N–H and O–H groups in total. The van der Waals surface area contributed by atoms with Crippen LogP contribution in [-0.4, -0.2) is 55.8 Å². The fourth-order valence-corrected chi connectivity index (χ4v) is 5.03. The minimum absolute atomic E-state index is 0.00630. The highest BCUT2D eigenvalue weighted by Gasteiger charge is 2.52. The Morgan fingerprint density at radius 2 is 1.45 bits per heavy atom. The van der Waals surface area contributed by atoms with Gasteiger partial charge < -0.3 is 23.8 Å². The Kier molecular flexibility index (Phi) is 12.3. The number of carbonyl (C=O) groups excluding carboxylic acids is 3. The van der Waals surface area contributed by atoms with Gasteiger partial charge in [-0.3, -0.25) is 14.2 Å². The molecule has 0 spiro atoms. The predicted molar refractivity (Wildman–Crippen MR) is 123 cm³/mol. The zero-order valence-electron chi connectivity index (χ0n) is 19.5. The van der Waals surface area contributed by atoms with E-state index in [-0.39, 0.29) is 32.1 Å². The number of ether oxygens (including phenoxy) is 2. The lowest BCUT2D eigenvalue weighted by Gasteiger charge is -2.29. The summed E-state index contributed by atoms with van der Waals surface area (Å²) in [6, 6.07) is 7.94. The number of anilines is 1. The van der Waals surface area contributed by atoms with E-state index in [0.29, 0.717) is 5.69 Å². The lowest BCUT2D eigenvalue weighted by Crippen LogP contribution is -2.43. The van der Waals surface area contributed by atoms with Crippen LogP contribution >= 0.6 is 7.60 Å². The van der Waals surface area contributed by atoms with Crippen molar-refractivity contribution >= 4 is 37.0 Å². The van der Waals surface area contributed by atoms with Crippen LogP contribution in [0.2, 0.25) is 0 Å². The quantitative estimate of drug-likeness (QED) is 0.187. The number of benzene rings is 1. The summed E-state index contributed by atoms with van der Waals surface area (Å²) in [5.74, 6) is -3.35. The molecule has 11 nitrogen and oxygen atoms in total. The van der Waals surface area contributed by atoms with E-state index in [1.165, 1.54) is 6.92 Å². The third-order valence-corrected chi connectivity index (χ3v) is 6.59. The molecule has 0 aliphatic carbocycles. The highest BCUT2D eigenvalue weighted by molar-refractivity contribution is 7.55. The number of amides is 2. The maximum Gasteiger partial charge on any atom is 0.346 e. The summed E-state index contributed by atoms with van der Waals surface area (Å²) in [7, 11) is -4.19. The van der Waals surface area contributed by atoms with Gasteiger partial charge in [-0.25, -0.2) is 10.2 Å². The SMILES string of the molecule is CCOC(=O)C(/C(C)=N/NC(=O)Nc1ccccc1)C(C(=O)OCC)P(=O)(OCC)OCC. The Labute approximate surface area is 193 Å². The van der Waals surface area contributed by atoms with Gasteiger partial charge in [-0.1, -0.05) is 18.2 Å². The van der Waals surface area contributed by atoms with Gasteiger partial charge in [-0.15, -0.1) is 0 Å². The highest BCUT2D eigenvalue weighted by atomic mass is 31.2. The van der Waals surface area contributed by atoms with Crippen molar-refractivity contribution in [3.8, 4) is 0 Å². The fourth-order valence-electron chi connectivity index (χ4n) is 2.88. The Balaban J connectivity index is 3.34. The molecule has 0 aromatic heterocycles. The van der Waals surface area contributed by atoms with E-state index in [2.05, 4.69) is 15.8 Å². The van der Waals surface area contributed by atoms with Gasteiger partial charge in [-0.2, -0.15) is 5.10 Å². The van der Waals surface area contributed by atoms with E-state index in [1.54, 1.807) is 58.0 Å². The molecule has 184 valence electrons. The Hall–Kier alpha value is -2.75. The van der Waals surface area contributed by atoms with Gasteiger partial charge in [-0.05, 0) is 46.8 Å². The average molecular weight is 485 g/mol. The monoisotopic (exact) mass is 485 g/mol. The molecule has 12 heteroatoms. The van der Waals surface area contributed by atoms with Gasteiger partial charge in [0.05, 0.1) is 32.1 Å². The molecule has 0 radical (unpaired) electrons. The summed E-state index contributed by atoms with van der Waals surface area (Å²) in [4.78, 5) is 37.9. The number of esters is 2. The molecule has 1 aromatic rings. The molecule has 2 amide bonds. The first-order valence-corrected chi connectivity index (χ1v) is 12.2. The number of hydrogen-bond acceptors (Lipinski definition) is 9. The Morgan fingerprint density at radius 3 is 1.97 bits per heavy atom. The number of urea groups is 1. The molecular formula is C21H32N3O8P. The summed E-state index contributed by atoms with van der Waals surface area (Å²) in [5, 5.41) is 6.50. The van der Waals surface area contributed by atoms with Crippen molar-refractivity contribution in [3.05, 3.63) is 30.3 Å². The molecule has 0 aliphatic rings. The van der Waals surface area contributed by atoms with E-state index in [0.717, 1.165) is 0 Å². The Morgan fingerprint density at radius 1 is 0.909 bits per heavy atom. The number of nitrogens with one attached hydrogen (secondary N) is 2. The molecule has 33 heavy (non-hydrogen) atoms. The Bertz CT molecular complexity index is 852. The summed E-state index contributed by atoms with van der Waals surface area (Å²) in [6.45, 7) is 7.55. The average Bonchev–Trinajstić information content (AvgIpc) is 2.77. The number of rotatable bonds is 13. The van der Waals surface area contributed by atoms with Gasteiger partial charge in [0, 0.05) is 5.69 Å². The van der Waals surface area contributed by atoms with E-state index in [4.69, 9.17) is 18.5 Å². The molecular weight excluding hydrogens is 453 g/mol. The van der Waals surface area contributed by atoms with E-state index in [1.807, 2.05) is 0 Å². The van der Waals surface area contributed by atoms with Gasteiger partial charge in [0.25, 0.3) is 0 Å². The smallest absolute Gasteiger partial charge is 0.346 e. The molecule has 0 saturated carbocycles. The molecule has 2 unspecified atom stereocenters. The molecule has 0 heterocycles. The van der Waals surface area contributed by atoms with Crippen molar-refractivity contribution in [3.63, 3.8) is 0 Å². The molecule has 0 fully saturated rings. The van der Waals surface area contributed by atoms with Crippen LogP contribution in [0.25, 0.3) is 0 Å². The minimum atomic E-state index is -4.19. The second kappa shape index (κ2) is 14.4. The first-order valence-electron chi connectivity index (χ1n) is 10.6. The van der Waals surface area contributed by atoms with Crippen LogP contribution in [0.4, 0.5) is 10.5 Å². The standard InChI is InChI=1S/C21H32N3O8P/c1-6-29-19(25)17(15(5)23-24-21(27)22-16-13-11-10-12-14-16)18(20(26)30-7-2)33(28,31-8-3)32-9-4/h10-14,17-18H,6-9H2,1-5H3,(H2,22,24,27)/b23-15+. The zero-order chi connectivity index (χ0) is 24.9. The third-order valence-electron chi connectivity index (χ3n) is 4.16. The lowest BCUT2D eigenvalue weighted by molar-refractivity contribution is -0.152. The second-order valence-electron chi connectivity index (χ2n) is 6.49. The van der Waals surface area contributed by atoms with Crippen LogP contribution in [-0.2, 0) is 32.7 Å². The number of para-hydroxylation sites is 1. The van der Waals surface area contributed by atoms with Crippen LogP contribution < -0.4 is 10.7 Å². The van der Waals surface area contributed by atoms with Gasteiger partial charge >= 0.3 is 25.6 Å². The van der Waals surface area contributed by atoms with Crippen LogP contribution in [0.3, 0.4) is 0 Å². The van der Waals surface area contributed by atoms with Crippen LogP contribution in [0.5, 0.6) is 0 Å². The number of carbonyl (C=O) groups is 3. The van der Waals surface area contributed by atoms with E-state index in [9.17, 15) is 18.9 Å². The highest BCUT2D eigenvalue weighted by Crippen LogP contribution is 2.56. The van der Waals surface area contributed by atoms with Gasteiger partial charge in [0.15, 0.2) is 5.66 Å². The molecule has 1 rings (SSSR count). The predicted octanol–water partition coefficient (Wildman–Crippen LogP) is 3.56.